The SMILES string of the molecule is CN(Cc1ccc(Cl)s1)C(=O)c1cccc(S(=O)(=O)NC2CC2)c1. The minimum Gasteiger partial charge on any atom is -0.337 e. The molecule has 1 aliphatic carbocycles. The molecule has 0 spiro atoms. The van der Waals surface area contributed by atoms with Gasteiger partial charge in [-0.2, -0.15) is 0 Å². The normalized spacial score (nSPS) is 14.6. The van der Waals surface area contributed by atoms with E-state index in [0.717, 1.165) is 17.7 Å². The molecule has 1 fully saturated rings. The molecule has 0 aliphatic heterocycles. The van der Waals surface area contributed by atoms with E-state index in [9.17, 15) is 13.2 Å². The summed E-state index contributed by atoms with van der Waals surface area (Å²) in [4.78, 5) is 15.2. The van der Waals surface area contributed by atoms with Crippen molar-refractivity contribution >= 4 is 38.9 Å². The Morgan fingerprint density at radius 3 is 2.71 bits per heavy atom. The van der Waals surface area contributed by atoms with Gasteiger partial charge in [-0.1, -0.05) is 17.7 Å². The van der Waals surface area contributed by atoms with Crippen LogP contribution in [0.25, 0.3) is 0 Å². The first-order valence-corrected chi connectivity index (χ1v) is 10.1. The summed E-state index contributed by atoms with van der Waals surface area (Å²) in [5.74, 6) is -0.233. The summed E-state index contributed by atoms with van der Waals surface area (Å²) in [6.45, 7) is 0.424. The predicted molar refractivity (Wildman–Crippen MR) is 94.9 cm³/mol. The Hall–Kier alpha value is -1.41. The molecule has 1 saturated carbocycles. The molecule has 1 aliphatic rings. The van der Waals surface area contributed by atoms with Gasteiger partial charge in [0.15, 0.2) is 0 Å². The number of hydrogen-bond acceptors (Lipinski definition) is 4. The third-order valence-electron chi connectivity index (χ3n) is 3.66. The molecule has 0 radical (unpaired) electrons. The lowest BCUT2D eigenvalue weighted by atomic mass is 10.2. The maximum absolute atomic E-state index is 12.6. The molecule has 1 N–H and O–H groups in total. The van der Waals surface area contributed by atoms with Gasteiger partial charge in [0.1, 0.15) is 0 Å². The van der Waals surface area contributed by atoms with Crippen LogP contribution >= 0.6 is 22.9 Å². The Morgan fingerprint density at radius 2 is 2.08 bits per heavy atom. The van der Waals surface area contributed by atoms with E-state index in [1.54, 1.807) is 30.1 Å². The van der Waals surface area contributed by atoms with Crippen LogP contribution in [0, 0.1) is 0 Å². The Kier molecular flexibility index (Phi) is 4.96. The van der Waals surface area contributed by atoms with Crippen molar-refractivity contribution in [2.24, 2.45) is 0 Å². The first kappa shape index (κ1) is 17.4. The summed E-state index contributed by atoms with van der Waals surface area (Å²) in [5.41, 5.74) is 0.346. The number of rotatable bonds is 6. The molecule has 0 saturated heterocycles. The molecule has 2 aromatic rings. The zero-order chi connectivity index (χ0) is 17.3. The fraction of sp³-hybridized carbons (Fsp3) is 0.312. The molecule has 0 bridgehead atoms. The summed E-state index contributed by atoms with van der Waals surface area (Å²) >= 11 is 7.31. The number of halogens is 1. The molecule has 1 aromatic heterocycles. The van der Waals surface area contributed by atoms with Crippen LogP contribution in [-0.4, -0.2) is 32.3 Å². The average Bonchev–Trinajstić information content (AvgIpc) is 3.26. The van der Waals surface area contributed by atoms with Crippen LogP contribution < -0.4 is 4.72 Å². The Labute approximate surface area is 150 Å². The highest BCUT2D eigenvalue weighted by molar-refractivity contribution is 7.89. The van der Waals surface area contributed by atoms with Gasteiger partial charge in [0.25, 0.3) is 5.91 Å². The maximum Gasteiger partial charge on any atom is 0.253 e. The molecule has 1 amide bonds. The number of carbonyl (C=O) groups excluding carboxylic acids is 1. The molecule has 3 rings (SSSR count). The van der Waals surface area contributed by atoms with Crippen molar-refractivity contribution in [2.75, 3.05) is 7.05 Å². The van der Waals surface area contributed by atoms with E-state index in [1.165, 1.54) is 23.5 Å². The van der Waals surface area contributed by atoms with Crippen molar-refractivity contribution in [3.63, 3.8) is 0 Å². The Morgan fingerprint density at radius 1 is 1.33 bits per heavy atom. The summed E-state index contributed by atoms with van der Waals surface area (Å²) in [6.07, 6.45) is 1.73. The molecular weight excluding hydrogens is 368 g/mol. The first-order valence-electron chi connectivity index (χ1n) is 7.47. The van der Waals surface area contributed by atoms with Crippen molar-refractivity contribution in [3.8, 4) is 0 Å². The molecule has 24 heavy (non-hydrogen) atoms. The fourth-order valence-corrected chi connectivity index (χ4v) is 4.74. The van der Waals surface area contributed by atoms with E-state index < -0.39 is 10.0 Å². The summed E-state index contributed by atoms with van der Waals surface area (Å²) in [6, 6.07) is 9.82. The van der Waals surface area contributed by atoms with Gasteiger partial charge in [0, 0.05) is 23.5 Å². The number of thiophene rings is 1. The average molecular weight is 385 g/mol. The fourth-order valence-electron chi connectivity index (χ4n) is 2.25. The zero-order valence-electron chi connectivity index (χ0n) is 13.0. The van der Waals surface area contributed by atoms with Crippen LogP contribution in [0.15, 0.2) is 41.3 Å². The van der Waals surface area contributed by atoms with Crippen molar-refractivity contribution in [1.29, 1.82) is 0 Å². The maximum atomic E-state index is 12.6. The van der Waals surface area contributed by atoms with E-state index in [-0.39, 0.29) is 16.8 Å². The number of sulfonamides is 1. The number of carbonyl (C=O) groups is 1. The topological polar surface area (TPSA) is 66.5 Å². The van der Waals surface area contributed by atoms with Gasteiger partial charge in [-0.25, -0.2) is 13.1 Å². The van der Waals surface area contributed by atoms with Gasteiger partial charge < -0.3 is 4.90 Å². The van der Waals surface area contributed by atoms with Crippen LogP contribution in [0.1, 0.15) is 28.1 Å². The second-order valence-corrected chi connectivity index (χ2v) is 9.30. The standard InChI is InChI=1S/C16H17ClN2O3S2/c1-19(10-13-7-8-15(17)23-13)16(20)11-3-2-4-14(9-11)24(21,22)18-12-5-6-12/h2-4,7-9,12,18H,5-6,10H2,1H3. The summed E-state index contributed by atoms with van der Waals surface area (Å²) < 4.78 is 27.8. The molecular formula is C16H17ClN2O3S2. The van der Waals surface area contributed by atoms with Crippen LogP contribution in [0.5, 0.6) is 0 Å². The van der Waals surface area contributed by atoms with E-state index in [4.69, 9.17) is 11.6 Å². The summed E-state index contributed by atoms with van der Waals surface area (Å²) in [5, 5.41) is 0. The number of benzene rings is 1. The van der Waals surface area contributed by atoms with E-state index in [2.05, 4.69) is 4.72 Å². The lowest BCUT2D eigenvalue weighted by Crippen LogP contribution is -2.28. The first-order chi connectivity index (χ1) is 11.3. The number of nitrogens with zero attached hydrogens (tertiary/aromatic N) is 1. The smallest absolute Gasteiger partial charge is 0.253 e. The second-order valence-electron chi connectivity index (χ2n) is 5.79. The van der Waals surface area contributed by atoms with Crippen molar-refractivity contribution < 1.29 is 13.2 Å². The highest BCUT2D eigenvalue weighted by Crippen LogP contribution is 2.24. The number of nitrogens with one attached hydrogen (secondary N) is 1. The van der Waals surface area contributed by atoms with Gasteiger partial charge in [-0.05, 0) is 43.2 Å². The Balaban J connectivity index is 1.76. The van der Waals surface area contributed by atoms with E-state index >= 15 is 0 Å². The van der Waals surface area contributed by atoms with Crippen LogP contribution in [0.3, 0.4) is 0 Å². The van der Waals surface area contributed by atoms with Gasteiger partial charge in [0.2, 0.25) is 10.0 Å². The van der Waals surface area contributed by atoms with E-state index in [0.29, 0.717) is 16.4 Å². The molecule has 128 valence electrons. The van der Waals surface area contributed by atoms with Crippen LogP contribution in [0.2, 0.25) is 4.34 Å². The highest BCUT2D eigenvalue weighted by atomic mass is 35.5. The lowest BCUT2D eigenvalue weighted by molar-refractivity contribution is 0.0786. The van der Waals surface area contributed by atoms with Crippen LogP contribution in [-0.2, 0) is 16.6 Å². The predicted octanol–water partition coefficient (Wildman–Crippen LogP) is 3.11. The van der Waals surface area contributed by atoms with Gasteiger partial charge >= 0.3 is 0 Å². The molecule has 8 heteroatoms. The quantitative estimate of drug-likeness (QED) is 0.832. The van der Waals surface area contributed by atoms with Gasteiger partial charge in [-0.15, -0.1) is 11.3 Å². The minimum absolute atomic E-state index is 0.0283. The minimum atomic E-state index is -3.57. The van der Waals surface area contributed by atoms with Crippen LogP contribution in [0.4, 0.5) is 0 Å². The Bertz CT molecular complexity index is 860. The number of hydrogen-bond donors (Lipinski definition) is 1. The highest BCUT2D eigenvalue weighted by Gasteiger charge is 2.28. The molecule has 5 nitrogen and oxygen atoms in total. The molecule has 1 heterocycles. The number of amides is 1. The second kappa shape index (κ2) is 6.84. The van der Waals surface area contributed by atoms with E-state index in [1.807, 2.05) is 6.07 Å². The summed E-state index contributed by atoms with van der Waals surface area (Å²) in [7, 11) is -1.89. The third-order valence-corrected chi connectivity index (χ3v) is 6.39. The lowest BCUT2D eigenvalue weighted by Gasteiger charge is -2.17. The monoisotopic (exact) mass is 384 g/mol. The van der Waals surface area contributed by atoms with Crippen molar-refractivity contribution in [3.05, 3.63) is 51.2 Å². The van der Waals surface area contributed by atoms with Gasteiger partial charge in [0.05, 0.1) is 15.8 Å². The largest absolute Gasteiger partial charge is 0.337 e. The molecule has 1 aromatic carbocycles. The molecule has 0 atom stereocenters. The van der Waals surface area contributed by atoms with Gasteiger partial charge in [-0.3, -0.25) is 4.79 Å². The van der Waals surface area contributed by atoms with Crippen molar-refractivity contribution in [1.82, 2.24) is 9.62 Å². The zero-order valence-corrected chi connectivity index (χ0v) is 15.4. The van der Waals surface area contributed by atoms with Crippen molar-refractivity contribution in [2.45, 2.75) is 30.3 Å². The third kappa shape index (κ3) is 4.16. The molecule has 0 unspecified atom stereocenters.